The summed E-state index contributed by atoms with van der Waals surface area (Å²) in [5.74, 6) is 1.05. The first-order valence-electron chi connectivity index (χ1n) is 9.30. The number of likely N-dealkylation sites (N-methyl/N-ethyl adjacent to an activating group) is 1. The third-order valence-electron chi connectivity index (χ3n) is 4.57. The first-order valence-corrected chi connectivity index (χ1v) is 10.5. The average Bonchev–Trinajstić information content (AvgIpc) is 2.77. The second-order valence-corrected chi connectivity index (χ2v) is 7.56. The Kier molecular flexibility index (Phi) is 8.67. The highest BCUT2D eigenvalue weighted by Gasteiger charge is 2.25. The zero-order valence-corrected chi connectivity index (χ0v) is 18.0. The molecule has 0 unspecified atom stereocenters. The van der Waals surface area contributed by atoms with Gasteiger partial charge in [-0.05, 0) is 30.2 Å². The van der Waals surface area contributed by atoms with E-state index in [1.54, 1.807) is 31.1 Å². The van der Waals surface area contributed by atoms with Crippen LogP contribution in [0.4, 0.5) is 5.69 Å². The van der Waals surface area contributed by atoms with Gasteiger partial charge in [-0.2, -0.15) is 0 Å². The topological polar surface area (TPSA) is 102 Å². The van der Waals surface area contributed by atoms with Gasteiger partial charge in [-0.3, -0.25) is 19.7 Å². The quantitative estimate of drug-likeness (QED) is 0.458. The minimum atomic E-state index is -0.621. The van der Waals surface area contributed by atoms with Gasteiger partial charge < -0.3 is 15.0 Å². The molecule has 0 heterocycles. The van der Waals surface area contributed by atoms with Crippen LogP contribution in [0, 0.1) is 10.1 Å². The van der Waals surface area contributed by atoms with Gasteiger partial charge in [-0.1, -0.05) is 24.3 Å². The van der Waals surface area contributed by atoms with Gasteiger partial charge in [-0.15, -0.1) is 11.8 Å². The summed E-state index contributed by atoms with van der Waals surface area (Å²) in [6.45, 7) is 2.00. The fourth-order valence-corrected chi connectivity index (χ4v) is 3.64. The highest BCUT2D eigenvalue weighted by Crippen LogP contribution is 2.19. The van der Waals surface area contributed by atoms with Crippen molar-refractivity contribution < 1.29 is 19.2 Å². The zero-order chi connectivity index (χ0) is 22.1. The Labute approximate surface area is 179 Å². The third-order valence-corrected chi connectivity index (χ3v) is 5.56. The SMILES string of the molecule is CNC(=O)[C@H](C)N(Cc1ccc(OC)cc1)C(=O)CSCc1ccc([N+](=O)[O-])cc1. The Balaban J connectivity index is 2.02. The smallest absolute Gasteiger partial charge is 0.269 e. The molecule has 2 rings (SSSR count). The fraction of sp³-hybridized carbons (Fsp3) is 0.333. The normalized spacial score (nSPS) is 11.4. The van der Waals surface area contributed by atoms with Crippen molar-refractivity contribution in [2.45, 2.75) is 25.3 Å². The van der Waals surface area contributed by atoms with Crippen molar-refractivity contribution in [2.24, 2.45) is 0 Å². The van der Waals surface area contributed by atoms with Crippen molar-refractivity contribution in [3.05, 3.63) is 69.8 Å². The van der Waals surface area contributed by atoms with E-state index in [0.717, 1.165) is 16.9 Å². The van der Waals surface area contributed by atoms with Crippen LogP contribution >= 0.6 is 11.8 Å². The number of ether oxygens (including phenoxy) is 1. The molecule has 0 radical (unpaired) electrons. The van der Waals surface area contributed by atoms with Crippen LogP contribution in [0.3, 0.4) is 0 Å². The summed E-state index contributed by atoms with van der Waals surface area (Å²) in [5, 5.41) is 13.3. The first-order chi connectivity index (χ1) is 14.3. The molecule has 0 fully saturated rings. The number of nitro benzene ring substituents is 1. The number of non-ortho nitro benzene ring substituents is 1. The Morgan fingerprint density at radius 1 is 1.13 bits per heavy atom. The van der Waals surface area contributed by atoms with Gasteiger partial charge in [0, 0.05) is 31.5 Å². The van der Waals surface area contributed by atoms with Gasteiger partial charge in [0.2, 0.25) is 11.8 Å². The highest BCUT2D eigenvalue weighted by atomic mass is 32.2. The Morgan fingerprint density at radius 3 is 2.27 bits per heavy atom. The van der Waals surface area contributed by atoms with E-state index in [1.807, 2.05) is 24.3 Å². The molecule has 0 bridgehead atoms. The number of hydrogen-bond acceptors (Lipinski definition) is 6. The van der Waals surface area contributed by atoms with Crippen molar-refractivity contribution >= 4 is 29.3 Å². The van der Waals surface area contributed by atoms with Gasteiger partial charge in [-0.25, -0.2) is 0 Å². The van der Waals surface area contributed by atoms with Crippen molar-refractivity contribution in [3.8, 4) is 5.75 Å². The standard InChI is InChI=1S/C21H25N3O5S/c1-15(21(26)22-2)23(12-16-6-10-19(29-3)11-7-16)20(25)14-30-13-17-4-8-18(9-5-17)24(27)28/h4-11,15H,12-14H2,1-3H3,(H,22,26)/t15-/m0/s1. The lowest BCUT2D eigenvalue weighted by atomic mass is 10.1. The molecular formula is C21H25N3O5S. The van der Waals surface area contributed by atoms with E-state index in [1.165, 1.54) is 30.9 Å². The predicted octanol–water partition coefficient (Wildman–Crippen LogP) is 3.00. The second kappa shape index (κ2) is 11.2. The molecule has 8 nitrogen and oxygen atoms in total. The van der Waals surface area contributed by atoms with Gasteiger partial charge in [0.1, 0.15) is 11.8 Å². The summed E-state index contributed by atoms with van der Waals surface area (Å²) >= 11 is 1.40. The molecule has 0 saturated heterocycles. The van der Waals surface area contributed by atoms with Crippen LogP contribution in [0.1, 0.15) is 18.1 Å². The number of amides is 2. The van der Waals surface area contributed by atoms with Crippen LogP contribution in [0.15, 0.2) is 48.5 Å². The summed E-state index contributed by atoms with van der Waals surface area (Å²) in [6.07, 6.45) is 0. The molecule has 30 heavy (non-hydrogen) atoms. The van der Waals surface area contributed by atoms with Gasteiger partial charge in [0.15, 0.2) is 0 Å². The number of nitrogens with zero attached hydrogens (tertiary/aromatic N) is 2. The van der Waals surface area contributed by atoms with E-state index in [-0.39, 0.29) is 23.3 Å². The van der Waals surface area contributed by atoms with Crippen molar-refractivity contribution in [3.63, 3.8) is 0 Å². The predicted molar refractivity (Wildman–Crippen MR) is 116 cm³/mol. The molecule has 0 aliphatic carbocycles. The molecule has 1 N–H and O–H groups in total. The highest BCUT2D eigenvalue weighted by molar-refractivity contribution is 7.99. The molecule has 1 atom stereocenters. The monoisotopic (exact) mass is 431 g/mol. The van der Waals surface area contributed by atoms with Crippen molar-refractivity contribution in [1.82, 2.24) is 10.2 Å². The van der Waals surface area contributed by atoms with Crippen LogP contribution < -0.4 is 10.1 Å². The number of benzene rings is 2. The van der Waals surface area contributed by atoms with E-state index in [4.69, 9.17) is 4.74 Å². The Morgan fingerprint density at radius 2 is 1.73 bits per heavy atom. The van der Waals surface area contributed by atoms with Crippen LogP contribution in [-0.4, -0.2) is 47.6 Å². The van der Waals surface area contributed by atoms with E-state index in [2.05, 4.69) is 5.32 Å². The average molecular weight is 432 g/mol. The lowest BCUT2D eigenvalue weighted by Crippen LogP contribution is -2.47. The molecular weight excluding hydrogens is 406 g/mol. The largest absolute Gasteiger partial charge is 0.497 e. The number of thioether (sulfide) groups is 1. The lowest BCUT2D eigenvalue weighted by molar-refractivity contribution is -0.384. The van der Waals surface area contributed by atoms with Crippen molar-refractivity contribution in [1.29, 1.82) is 0 Å². The van der Waals surface area contributed by atoms with Crippen LogP contribution in [-0.2, 0) is 21.9 Å². The first kappa shape index (κ1) is 23.2. The van der Waals surface area contributed by atoms with E-state index in [9.17, 15) is 19.7 Å². The maximum atomic E-state index is 12.9. The number of rotatable bonds is 10. The van der Waals surface area contributed by atoms with Crippen LogP contribution in [0.5, 0.6) is 5.75 Å². The van der Waals surface area contributed by atoms with Gasteiger partial charge >= 0.3 is 0 Å². The number of nitro groups is 1. The maximum Gasteiger partial charge on any atom is 0.269 e. The number of hydrogen-bond donors (Lipinski definition) is 1. The molecule has 9 heteroatoms. The Hall–Kier alpha value is -3.07. The number of carbonyl (C=O) groups excluding carboxylic acids is 2. The molecule has 0 aromatic heterocycles. The summed E-state index contributed by atoms with van der Waals surface area (Å²) < 4.78 is 5.15. The molecule has 0 aliphatic heterocycles. The maximum absolute atomic E-state index is 12.9. The minimum absolute atomic E-state index is 0.0323. The number of carbonyl (C=O) groups is 2. The van der Waals surface area contributed by atoms with E-state index < -0.39 is 11.0 Å². The van der Waals surface area contributed by atoms with E-state index >= 15 is 0 Å². The third kappa shape index (κ3) is 6.48. The molecule has 0 aliphatic rings. The van der Waals surface area contributed by atoms with Crippen LogP contribution in [0.2, 0.25) is 0 Å². The summed E-state index contributed by atoms with van der Waals surface area (Å²) in [7, 11) is 3.12. The lowest BCUT2D eigenvalue weighted by Gasteiger charge is -2.28. The second-order valence-electron chi connectivity index (χ2n) is 6.58. The minimum Gasteiger partial charge on any atom is -0.497 e. The van der Waals surface area contributed by atoms with Gasteiger partial charge in [0.25, 0.3) is 5.69 Å². The van der Waals surface area contributed by atoms with Crippen molar-refractivity contribution in [2.75, 3.05) is 19.9 Å². The molecule has 2 amide bonds. The van der Waals surface area contributed by atoms with Crippen LogP contribution in [0.25, 0.3) is 0 Å². The molecule has 160 valence electrons. The molecule has 2 aromatic rings. The summed E-state index contributed by atoms with van der Waals surface area (Å²) in [5.41, 5.74) is 1.81. The fourth-order valence-electron chi connectivity index (χ4n) is 2.77. The molecule has 0 saturated carbocycles. The van der Waals surface area contributed by atoms with Gasteiger partial charge in [0.05, 0.1) is 17.8 Å². The zero-order valence-electron chi connectivity index (χ0n) is 17.2. The summed E-state index contributed by atoms with van der Waals surface area (Å²) in [6, 6.07) is 13.0. The molecule has 0 spiro atoms. The molecule has 2 aromatic carbocycles. The number of methoxy groups -OCH3 is 1. The summed E-state index contributed by atoms with van der Waals surface area (Å²) in [4.78, 5) is 36.8. The Bertz CT molecular complexity index is 871. The number of nitrogens with one attached hydrogen (secondary N) is 1. The van der Waals surface area contributed by atoms with E-state index in [0.29, 0.717) is 12.3 Å².